The van der Waals surface area contributed by atoms with Gasteiger partial charge in [-0.25, -0.2) is 4.98 Å². The van der Waals surface area contributed by atoms with Gasteiger partial charge in [0.2, 0.25) is 5.91 Å². The van der Waals surface area contributed by atoms with Gasteiger partial charge in [0, 0.05) is 29.4 Å². The molecule has 3 N–H and O–H groups in total. The van der Waals surface area contributed by atoms with E-state index in [4.69, 9.17) is 6.42 Å². The van der Waals surface area contributed by atoms with Gasteiger partial charge in [0.05, 0.1) is 13.1 Å². The van der Waals surface area contributed by atoms with Crippen molar-refractivity contribution in [1.29, 1.82) is 0 Å². The van der Waals surface area contributed by atoms with Crippen molar-refractivity contribution in [1.82, 2.24) is 15.6 Å². The number of aliphatic imine (C=N–C) groups is 1. The summed E-state index contributed by atoms with van der Waals surface area (Å²) in [5, 5.41) is 9.89. The highest BCUT2D eigenvalue weighted by atomic mass is 32.1. The van der Waals surface area contributed by atoms with E-state index in [1.54, 1.807) is 36.6 Å². The lowest BCUT2D eigenvalue weighted by atomic mass is 10.2. The zero-order valence-electron chi connectivity index (χ0n) is 14.3. The van der Waals surface area contributed by atoms with Gasteiger partial charge in [-0.2, -0.15) is 0 Å². The first kappa shape index (κ1) is 18.5. The van der Waals surface area contributed by atoms with Gasteiger partial charge in [0.25, 0.3) is 0 Å². The molecule has 0 saturated carbocycles. The molecule has 0 spiro atoms. The lowest BCUT2D eigenvalue weighted by molar-refractivity contribution is -0.115. The SMILES string of the molecule is C#Cc1cccc(NC(=O)CNC(=NC)NCc2ncc(CC)s2)c1. The van der Waals surface area contributed by atoms with Gasteiger partial charge < -0.3 is 16.0 Å². The summed E-state index contributed by atoms with van der Waals surface area (Å²) in [5.41, 5.74) is 1.39. The molecule has 130 valence electrons. The Labute approximate surface area is 151 Å². The lowest BCUT2D eigenvalue weighted by Crippen LogP contribution is -2.41. The van der Waals surface area contributed by atoms with Crippen LogP contribution in [-0.4, -0.2) is 30.4 Å². The van der Waals surface area contributed by atoms with E-state index in [1.165, 1.54) is 4.88 Å². The highest BCUT2D eigenvalue weighted by Crippen LogP contribution is 2.12. The Morgan fingerprint density at radius 1 is 1.40 bits per heavy atom. The Balaban J connectivity index is 1.79. The van der Waals surface area contributed by atoms with E-state index in [0.717, 1.165) is 17.0 Å². The topological polar surface area (TPSA) is 78.4 Å². The maximum absolute atomic E-state index is 12.0. The van der Waals surface area contributed by atoms with E-state index in [2.05, 4.69) is 38.8 Å². The quantitative estimate of drug-likeness (QED) is 0.421. The zero-order valence-corrected chi connectivity index (χ0v) is 15.1. The summed E-state index contributed by atoms with van der Waals surface area (Å²) in [6.45, 7) is 2.76. The average molecular weight is 355 g/mol. The van der Waals surface area contributed by atoms with E-state index in [1.807, 2.05) is 12.3 Å². The minimum atomic E-state index is -0.181. The van der Waals surface area contributed by atoms with E-state index in [9.17, 15) is 4.79 Å². The Kier molecular flexibility index (Phi) is 6.99. The van der Waals surface area contributed by atoms with Gasteiger partial charge in [-0.3, -0.25) is 9.79 Å². The van der Waals surface area contributed by atoms with E-state index in [0.29, 0.717) is 18.2 Å². The number of aromatic nitrogens is 1. The van der Waals surface area contributed by atoms with E-state index in [-0.39, 0.29) is 12.5 Å². The number of hydrogen-bond donors (Lipinski definition) is 3. The molecular formula is C18H21N5OS. The van der Waals surface area contributed by atoms with Crippen LogP contribution >= 0.6 is 11.3 Å². The first-order valence-electron chi connectivity index (χ1n) is 7.89. The zero-order chi connectivity index (χ0) is 18.1. The summed E-state index contributed by atoms with van der Waals surface area (Å²) in [6.07, 6.45) is 8.22. The standard InChI is InChI=1S/C18H21N5OS/c1-4-13-7-6-8-14(9-13)23-16(24)11-21-18(19-3)22-12-17-20-10-15(5-2)25-17/h1,6-10H,5,11-12H2,2-3H3,(H,23,24)(H2,19,21,22). The van der Waals surface area contributed by atoms with Crippen LogP contribution in [0.25, 0.3) is 0 Å². The number of carbonyl (C=O) groups is 1. The van der Waals surface area contributed by atoms with Crippen LogP contribution in [0.15, 0.2) is 35.5 Å². The van der Waals surface area contributed by atoms with Crippen LogP contribution in [-0.2, 0) is 17.8 Å². The maximum Gasteiger partial charge on any atom is 0.243 e. The highest BCUT2D eigenvalue weighted by molar-refractivity contribution is 7.11. The van der Waals surface area contributed by atoms with Gasteiger partial charge >= 0.3 is 0 Å². The summed E-state index contributed by atoms with van der Waals surface area (Å²) in [4.78, 5) is 21.7. The molecule has 2 aromatic rings. The van der Waals surface area contributed by atoms with E-state index >= 15 is 0 Å². The number of amides is 1. The predicted molar refractivity (Wildman–Crippen MR) is 103 cm³/mol. The van der Waals surface area contributed by atoms with Gasteiger partial charge in [0.15, 0.2) is 5.96 Å². The fourth-order valence-corrected chi connectivity index (χ4v) is 2.83. The molecule has 25 heavy (non-hydrogen) atoms. The number of guanidine groups is 1. The third-order valence-corrected chi connectivity index (χ3v) is 4.45. The molecule has 0 fully saturated rings. The van der Waals surface area contributed by atoms with Crippen LogP contribution in [0, 0.1) is 12.3 Å². The first-order valence-corrected chi connectivity index (χ1v) is 8.71. The minimum Gasteiger partial charge on any atom is -0.350 e. The summed E-state index contributed by atoms with van der Waals surface area (Å²) in [6, 6.07) is 7.15. The third kappa shape index (κ3) is 5.94. The molecular weight excluding hydrogens is 334 g/mol. The maximum atomic E-state index is 12.0. The number of aryl methyl sites for hydroxylation is 1. The second kappa shape index (κ2) is 9.45. The van der Waals surface area contributed by atoms with Crippen molar-refractivity contribution in [3.8, 4) is 12.3 Å². The second-order valence-corrected chi connectivity index (χ2v) is 6.33. The summed E-state index contributed by atoms with van der Waals surface area (Å²) in [5.74, 6) is 2.90. The van der Waals surface area contributed by atoms with Gasteiger partial charge in [0.1, 0.15) is 5.01 Å². The Hall–Kier alpha value is -2.85. The first-order chi connectivity index (χ1) is 12.1. The van der Waals surface area contributed by atoms with Crippen molar-refractivity contribution in [3.05, 3.63) is 45.9 Å². The Bertz CT molecular complexity index is 791. The molecule has 0 aliphatic rings. The van der Waals surface area contributed by atoms with E-state index < -0.39 is 0 Å². The lowest BCUT2D eigenvalue weighted by Gasteiger charge is -2.11. The molecule has 1 heterocycles. The van der Waals surface area contributed by atoms with Crippen LogP contribution < -0.4 is 16.0 Å². The van der Waals surface area contributed by atoms with Gasteiger partial charge in [-0.1, -0.05) is 18.9 Å². The number of hydrogen-bond acceptors (Lipinski definition) is 4. The second-order valence-electron chi connectivity index (χ2n) is 5.13. The number of rotatable bonds is 6. The fourth-order valence-electron chi connectivity index (χ4n) is 2.03. The van der Waals surface area contributed by atoms with Crippen molar-refractivity contribution in [2.24, 2.45) is 4.99 Å². The molecule has 0 bridgehead atoms. The average Bonchev–Trinajstić information content (AvgIpc) is 3.10. The number of carbonyl (C=O) groups excluding carboxylic acids is 1. The fraction of sp³-hybridized carbons (Fsp3) is 0.278. The van der Waals surface area contributed by atoms with Crippen molar-refractivity contribution in [2.45, 2.75) is 19.9 Å². The summed E-state index contributed by atoms with van der Waals surface area (Å²) in [7, 11) is 1.66. The van der Waals surface area contributed by atoms with Crippen molar-refractivity contribution in [2.75, 3.05) is 18.9 Å². The van der Waals surface area contributed by atoms with Crippen LogP contribution in [0.4, 0.5) is 5.69 Å². The summed E-state index contributed by atoms with van der Waals surface area (Å²) >= 11 is 1.66. The molecule has 1 aromatic carbocycles. The number of benzene rings is 1. The number of thiazole rings is 1. The van der Waals surface area contributed by atoms with Crippen molar-refractivity contribution >= 4 is 28.9 Å². The molecule has 2 rings (SSSR count). The molecule has 0 aliphatic heterocycles. The number of terminal acetylenes is 1. The molecule has 0 aliphatic carbocycles. The molecule has 7 heteroatoms. The van der Waals surface area contributed by atoms with Crippen LogP contribution in [0.3, 0.4) is 0 Å². The number of nitrogens with one attached hydrogen (secondary N) is 3. The van der Waals surface area contributed by atoms with Gasteiger partial charge in [-0.05, 0) is 24.6 Å². The predicted octanol–water partition coefficient (Wildman–Crippen LogP) is 1.99. The molecule has 0 radical (unpaired) electrons. The molecule has 1 aromatic heterocycles. The van der Waals surface area contributed by atoms with Crippen molar-refractivity contribution in [3.63, 3.8) is 0 Å². The Morgan fingerprint density at radius 2 is 2.24 bits per heavy atom. The highest BCUT2D eigenvalue weighted by Gasteiger charge is 2.06. The monoisotopic (exact) mass is 355 g/mol. The van der Waals surface area contributed by atoms with Crippen LogP contribution in [0.5, 0.6) is 0 Å². The van der Waals surface area contributed by atoms with Crippen molar-refractivity contribution < 1.29 is 4.79 Å². The number of nitrogens with zero attached hydrogens (tertiary/aromatic N) is 2. The molecule has 1 amide bonds. The van der Waals surface area contributed by atoms with Crippen LogP contribution in [0.2, 0.25) is 0 Å². The third-order valence-electron chi connectivity index (χ3n) is 3.31. The minimum absolute atomic E-state index is 0.0953. The number of anilines is 1. The smallest absolute Gasteiger partial charge is 0.243 e. The van der Waals surface area contributed by atoms with Crippen LogP contribution in [0.1, 0.15) is 22.4 Å². The largest absolute Gasteiger partial charge is 0.350 e. The molecule has 0 saturated heterocycles. The molecule has 6 nitrogen and oxygen atoms in total. The normalized spacial score (nSPS) is 10.8. The van der Waals surface area contributed by atoms with Gasteiger partial charge in [-0.15, -0.1) is 17.8 Å². The Morgan fingerprint density at radius 3 is 2.92 bits per heavy atom. The molecule has 0 unspecified atom stereocenters. The summed E-state index contributed by atoms with van der Waals surface area (Å²) < 4.78 is 0. The molecule has 0 atom stereocenters.